The second-order valence-electron chi connectivity index (χ2n) is 4.99. The lowest BCUT2D eigenvalue weighted by Gasteiger charge is -2.16. The molecule has 1 aliphatic rings. The van der Waals surface area contributed by atoms with Crippen molar-refractivity contribution in [3.8, 4) is 0 Å². The topological polar surface area (TPSA) is 58.6 Å². The zero-order valence-electron chi connectivity index (χ0n) is 11.7. The van der Waals surface area contributed by atoms with Crippen molar-refractivity contribution >= 4 is 22.7 Å². The average Bonchev–Trinajstić information content (AvgIpc) is 2.90. The summed E-state index contributed by atoms with van der Waals surface area (Å²) in [5.41, 5.74) is 18.7. The summed E-state index contributed by atoms with van der Waals surface area (Å²) in [6, 6.07) is 14.2. The average molecular weight is 268 g/mol. The minimum absolute atomic E-state index is 0.553. The fourth-order valence-electron chi connectivity index (χ4n) is 2.12. The molecule has 0 saturated heterocycles. The minimum atomic E-state index is 0.553. The van der Waals surface area contributed by atoms with E-state index in [4.69, 9.17) is 5.73 Å². The predicted octanol–water partition coefficient (Wildman–Crippen LogP) is 2.21. The first-order valence-electron chi connectivity index (χ1n) is 6.56. The van der Waals surface area contributed by atoms with E-state index < -0.39 is 0 Å². The molecule has 1 radical (unpaired) electrons. The quantitative estimate of drug-likeness (QED) is 0.896. The zero-order valence-corrected chi connectivity index (χ0v) is 11.7. The molecule has 0 aromatic heterocycles. The monoisotopic (exact) mass is 268 g/mol. The smallest absolute Gasteiger partial charge is 0.111 e. The first-order chi connectivity index (χ1) is 9.67. The van der Waals surface area contributed by atoms with E-state index >= 15 is 0 Å². The van der Waals surface area contributed by atoms with Crippen molar-refractivity contribution in [3.05, 3.63) is 48.0 Å². The van der Waals surface area contributed by atoms with Crippen LogP contribution in [0.4, 0.5) is 22.7 Å². The molecule has 0 atom stereocenters. The van der Waals surface area contributed by atoms with E-state index in [1.165, 1.54) is 0 Å². The number of hydrazine groups is 1. The van der Waals surface area contributed by atoms with Crippen molar-refractivity contribution < 1.29 is 0 Å². The van der Waals surface area contributed by atoms with Crippen LogP contribution in [-0.4, -0.2) is 14.1 Å². The van der Waals surface area contributed by atoms with Crippen LogP contribution in [-0.2, 0) is 6.54 Å². The van der Waals surface area contributed by atoms with Gasteiger partial charge in [-0.25, -0.2) is 0 Å². The Morgan fingerprint density at radius 2 is 1.90 bits per heavy atom. The molecule has 0 saturated carbocycles. The van der Waals surface area contributed by atoms with E-state index in [1.54, 1.807) is 5.12 Å². The van der Waals surface area contributed by atoms with Gasteiger partial charge in [0.05, 0.1) is 11.4 Å². The van der Waals surface area contributed by atoms with Gasteiger partial charge >= 0.3 is 0 Å². The fraction of sp³-hybridized carbons (Fsp3) is 0.200. The molecule has 3 N–H and O–H groups in total. The van der Waals surface area contributed by atoms with Gasteiger partial charge in [0.25, 0.3) is 0 Å². The third-order valence-electron chi connectivity index (χ3n) is 3.35. The maximum absolute atomic E-state index is 5.61. The zero-order chi connectivity index (χ0) is 14.1. The molecule has 0 aliphatic carbocycles. The van der Waals surface area contributed by atoms with Crippen molar-refractivity contribution in [1.82, 2.24) is 5.43 Å². The maximum Gasteiger partial charge on any atom is 0.111 e. The van der Waals surface area contributed by atoms with Crippen LogP contribution < -0.4 is 26.6 Å². The lowest BCUT2D eigenvalue weighted by Crippen LogP contribution is -2.28. The highest BCUT2D eigenvalue weighted by atomic mass is 15.8. The van der Waals surface area contributed by atoms with Gasteiger partial charge in [-0.1, -0.05) is 12.1 Å². The van der Waals surface area contributed by atoms with Crippen molar-refractivity contribution in [1.29, 1.82) is 0 Å². The first kappa shape index (κ1) is 12.6. The van der Waals surface area contributed by atoms with Crippen molar-refractivity contribution in [3.63, 3.8) is 0 Å². The summed E-state index contributed by atoms with van der Waals surface area (Å²) in [6.45, 7) is 0.553. The minimum Gasteiger partial charge on any atom is -0.378 e. The van der Waals surface area contributed by atoms with E-state index in [9.17, 15) is 0 Å². The van der Waals surface area contributed by atoms with Crippen LogP contribution in [0.15, 0.2) is 42.5 Å². The molecule has 0 fully saturated rings. The van der Waals surface area contributed by atoms with Gasteiger partial charge in [0, 0.05) is 26.3 Å². The molecule has 20 heavy (non-hydrogen) atoms. The molecule has 103 valence electrons. The number of nitrogens with one attached hydrogen (secondary N) is 1. The van der Waals surface area contributed by atoms with Crippen LogP contribution in [0.2, 0.25) is 0 Å². The molecular weight excluding hydrogens is 250 g/mol. The molecule has 5 heteroatoms. The third kappa shape index (κ3) is 2.23. The summed E-state index contributed by atoms with van der Waals surface area (Å²) in [7, 11) is 4.05. The summed E-state index contributed by atoms with van der Waals surface area (Å²) < 4.78 is 0. The number of nitrogens with two attached hydrogens (primary N) is 1. The Hall–Kier alpha value is -2.40. The van der Waals surface area contributed by atoms with Gasteiger partial charge in [-0.15, -0.1) is 0 Å². The molecule has 0 amide bonds. The summed E-state index contributed by atoms with van der Waals surface area (Å²) in [5.74, 6) is 0. The number of fused-ring (bicyclic) bond motifs is 1. The SMILES string of the molecule is CN(C)c1ccc2c(c1)NN(c1ccc(CN)cc1)[N]2. The van der Waals surface area contributed by atoms with Crippen LogP contribution in [0.1, 0.15) is 5.56 Å². The van der Waals surface area contributed by atoms with Gasteiger partial charge in [0.2, 0.25) is 0 Å². The normalized spacial score (nSPS) is 12.7. The number of benzene rings is 2. The number of rotatable bonds is 3. The van der Waals surface area contributed by atoms with Crippen LogP contribution in [0.3, 0.4) is 0 Å². The Morgan fingerprint density at radius 1 is 1.15 bits per heavy atom. The standard InChI is InChI=1S/C15H18N5/c1-19(2)13-7-8-14-15(9-13)18-20(17-14)12-5-3-11(10-16)4-6-12/h3-9,18H,10,16H2,1-2H3. The molecule has 0 unspecified atom stereocenters. The second kappa shape index (κ2) is 4.94. The maximum atomic E-state index is 5.61. The van der Waals surface area contributed by atoms with Gasteiger partial charge < -0.3 is 10.6 Å². The number of nitrogens with zero attached hydrogens (tertiary/aromatic N) is 3. The molecule has 1 heterocycles. The largest absolute Gasteiger partial charge is 0.378 e. The Balaban J connectivity index is 1.82. The van der Waals surface area contributed by atoms with E-state index in [0.717, 1.165) is 28.3 Å². The van der Waals surface area contributed by atoms with Gasteiger partial charge in [-0.2, -0.15) is 10.5 Å². The first-order valence-corrected chi connectivity index (χ1v) is 6.56. The molecule has 0 bridgehead atoms. The fourth-order valence-corrected chi connectivity index (χ4v) is 2.12. The highest BCUT2D eigenvalue weighted by molar-refractivity contribution is 5.77. The molecule has 1 aliphatic heterocycles. The van der Waals surface area contributed by atoms with Gasteiger partial charge in [0.1, 0.15) is 5.69 Å². The second-order valence-corrected chi connectivity index (χ2v) is 4.99. The number of anilines is 3. The Labute approximate surface area is 118 Å². The molecular formula is C15H18N5. The van der Waals surface area contributed by atoms with E-state index in [-0.39, 0.29) is 0 Å². The van der Waals surface area contributed by atoms with Crippen molar-refractivity contribution in [2.75, 3.05) is 29.5 Å². The molecule has 3 rings (SSSR count). The van der Waals surface area contributed by atoms with Crippen molar-refractivity contribution in [2.24, 2.45) is 5.73 Å². The molecule has 5 nitrogen and oxygen atoms in total. The van der Waals surface area contributed by atoms with Crippen LogP contribution >= 0.6 is 0 Å². The Kier molecular flexibility index (Phi) is 3.12. The molecule has 2 aromatic rings. The molecule has 0 spiro atoms. The summed E-state index contributed by atoms with van der Waals surface area (Å²) in [4.78, 5) is 2.07. The highest BCUT2D eigenvalue weighted by Gasteiger charge is 2.20. The Morgan fingerprint density at radius 3 is 2.55 bits per heavy atom. The lowest BCUT2D eigenvalue weighted by atomic mass is 10.2. The summed E-state index contributed by atoms with van der Waals surface area (Å²) in [6.07, 6.45) is 0. The lowest BCUT2D eigenvalue weighted by molar-refractivity contribution is 0.866. The summed E-state index contributed by atoms with van der Waals surface area (Å²) in [5, 5.41) is 1.78. The third-order valence-corrected chi connectivity index (χ3v) is 3.35. The van der Waals surface area contributed by atoms with Crippen LogP contribution in [0.5, 0.6) is 0 Å². The Bertz CT molecular complexity index is 606. The van der Waals surface area contributed by atoms with E-state index in [0.29, 0.717) is 6.54 Å². The summed E-state index contributed by atoms with van der Waals surface area (Å²) >= 11 is 0. The number of hydrogen-bond acceptors (Lipinski definition) is 4. The van der Waals surface area contributed by atoms with E-state index in [1.807, 2.05) is 44.4 Å². The van der Waals surface area contributed by atoms with Crippen LogP contribution in [0.25, 0.3) is 0 Å². The molecule has 2 aromatic carbocycles. The highest BCUT2D eigenvalue weighted by Crippen LogP contribution is 2.34. The number of hydrogen-bond donors (Lipinski definition) is 2. The van der Waals surface area contributed by atoms with Crippen molar-refractivity contribution in [2.45, 2.75) is 6.54 Å². The van der Waals surface area contributed by atoms with E-state index in [2.05, 4.69) is 27.9 Å². The van der Waals surface area contributed by atoms with Gasteiger partial charge in [0.15, 0.2) is 0 Å². The van der Waals surface area contributed by atoms with Gasteiger partial charge in [-0.3, -0.25) is 5.43 Å². The predicted molar refractivity (Wildman–Crippen MR) is 83.0 cm³/mol. The van der Waals surface area contributed by atoms with Gasteiger partial charge in [-0.05, 0) is 35.9 Å². The van der Waals surface area contributed by atoms with Crippen LogP contribution in [0, 0.1) is 0 Å².